The van der Waals surface area contributed by atoms with Crippen molar-refractivity contribution in [2.45, 2.75) is 51.2 Å². The molecule has 6 atom stereocenters. The van der Waals surface area contributed by atoms with Crippen LogP contribution >= 0.6 is 0 Å². The first-order valence-corrected chi connectivity index (χ1v) is 6.57. The van der Waals surface area contributed by atoms with E-state index in [0.717, 1.165) is 12.8 Å². The molecule has 3 fully saturated rings. The molecule has 3 aliphatic rings. The molecule has 0 bridgehead atoms. The molecule has 0 radical (unpaired) electrons. The number of carbonyl (C=O) groups is 1. The normalized spacial score (nSPS) is 51.8. The van der Waals surface area contributed by atoms with Crippen molar-refractivity contribution in [3.05, 3.63) is 0 Å². The summed E-state index contributed by atoms with van der Waals surface area (Å²) in [5, 5.41) is 10.4. The molecule has 90 valence electrons. The van der Waals surface area contributed by atoms with Crippen molar-refractivity contribution in [3.63, 3.8) is 0 Å². The Bertz CT molecular complexity index is 302. The summed E-state index contributed by atoms with van der Waals surface area (Å²) >= 11 is 0. The van der Waals surface area contributed by atoms with Crippen LogP contribution in [0.5, 0.6) is 0 Å². The fraction of sp³-hybridized carbons (Fsp3) is 0.923. The molecule has 3 rings (SSSR count). The Morgan fingerprint density at radius 2 is 2.06 bits per heavy atom. The first-order valence-electron chi connectivity index (χ1n) is 6.57. The molecule has 1 aliphatic heterocycles. The van der Waals surface area contributed by atoms with Crippen molar-refractivity contribution in [2.75, 3.05) is 0 Å². The number of aliphatic hydroxyl groups is 1. The summed E-state index contributed by atoms with van der Waals surface area (Å²) in [4.78, 5) is 11.7. The minimum Gasteiger partial charge on any atom is -0.462 e. The maximum atomic E-state index is 11.7. The zero-order valence-electron chi connectivity index (χ0n) is 9.76. The lowest BCUT2D eigenvalue weighted by Gasteiger charge is -2.44. The third-order valence-electron chi connectivity index (χ3n) is 4.97. The van der Waals surface area contributed by atoms with Crippen molar-refractivity contribution < 1.29 is 14.6 Å². The number of fused-ring (bicyclic) bond motifs is 2. The number of aliphatic hydroxyl groups excluding tert-OH is 1. The van der Waals surface area contributed by atoms with Gasteiger partial charge in [0.25, 0.3) is 0 Å². The van der Waals surface area contributed by atoms with E-state index in [1.54, 1.807) is 0 Å². The third-order valence-corrected chi connectivity index (χ3v) is 4.97. The van der Waals surface area contributed by atoms with Crippen LogP contribution in [-0.2, 0) is 9.53 Å². The van der Waals surface area contributed by atoms with Gasteiger partial charge in [-0.05, 0) is 31.6 Å². The van der Waals surface area contributed by atoms with E-state index in [4.69, 9.17) is 4.74 Å². The van der Waals surface area contributed by atoms with Gasteiger partial charge >= 0.3 is 5.97 Å². The lowest BCUT2D eigenvalue weighted by Crippen LogP contribution is -2.47. The minimum atomic E-state index is -0.314. The molecule has 16 heavy (non-hydrogen) atoms. The molecule has 2 saturated carbocycles. The van der Waals surface area contributed by atoms with Crippen molar-refractivity contribution in [1.29, 1.82) is 0 Å². The fourth-order valence-electron chi connectivity index (χ4n) is 4.19. The molecule has 0 amide bonds. The van der Waals surface area contributed by atoms with Crippen LogP contribution in [0.4, 0.5) is 0 Å². The number of esters is 1. The number of hydrogen-bond acceptors (Lipinski definition) is 3. The first kappa shape index (κ1) is 10.6. The van der Waals surface area contributed by atoms with Gasteiger partial charge < -0.3 is 9.84 Å². The van der Waals surface area contributed by atoms with Crippen molar-refractivity contribution in [3.8, 4) is 0 Å². The molecule has 0 spiro atoms. The molecule has 1 heterocycles. The van der Waals surface area contributed by atoms with Gasteiger partial charge in [-0.1, -0.05) is 19.3 Å². The van der Waals surface area contributed by atoms with Crippen LogP contribution in [0.25, 0.3) is 0 Å². The highest BCUT2D eigenvalue weighted by Gasteiger charge is 2.54. The highest BCUT2D eigenvalue weighted by molar-refractivity contribution is 5.75. The molecule has 3 heteroatoms. The van der Waals surface area contributed by atoms with E-state index >= 15 is 0 Å². The zero-order chi connectivity index (χ0) is 11.3. The summed E-state index contributed by atoms with van der Waals surface area (Å²) in [6.45, 7) is 1.93. The average Bonchev–Trinajstić information content (AvgIpc) is 2.55. The molecule has 3 nitrogen and oxygen atoms in total. The molecule has 0 unspecified atom stereocenters. The van der Waals surface area contributed by atoms with Gasteiger partial charge in [0.1, 0.15) is 6.10 Å². The standard InChI is InChI=1S/C13H20O3/c1-7-11-10(13(15)16-7)6-8-4-2-3-5-9(8)12(11)14/h7-12,14H,2-6H2,1H3/t7-,8+,9-,10+,11+,12+/m0/s1. The molecular formula is C13H20O3. The van der Waals surface area contributed by atoms with Crippen molar-refractivity contribution in [2.24, 2.45) is 23.7 Å². The summed E-state index contributed by atoms with van der Waals surface area (Å²) < 4.78 is 5.29. The SMILES string of the molecule is C[C@@H]1OC(=O)[C@@H]2C[C@H]3CCCC[C@@H]3[C@@H](O)[C@H]12. The van der Waals surface area contributed by atoms with Crippen molar-refractivity contribution >= 4 is 5.97 Å². The Kier molecular flexibility index (Phi) is 2.46. The monoisotopic (exact) mass is 224 g/mol. The third kappa shape index (κ3) is 1.41. The number of ether oxygens (including phenoxy) is 1. The van der Waals surface area contributed by atoms with Gasteiger partial charge in [0.05, 0.1) is 12.0 Å². The quantitative estimate of drug-likeness (QED) is 0.637. The van der Waals surface area contributed by atoms with E-state index < -0.39 is 0 Å². The van der Waals surface area contributed by atoms with E-state index in [1.807, 2.05) is 6.92 Å². The van der Waals surface area contributed by atoms with E-state index in [-0.39, 0.29) is 30.0 Å². The summed E-state index contributed by atoms with van der Waals surface area (Å²) in [5.41, 5.74) is 0. The number of cyclic esters (lactones) is 1. The highest BCUT2D eigenvalue weighted by atomic mass is 16.6. The van der Waals surface area contributed by atoms with Crippen LogP contribution in [0.2, 0.25) is 0 Å². The second-order valence-electron chi connectivity index (χ2n) is 5.76. The second-order valence-corrected chi connectivity index (χ2v) is 5.76. The van der Waals surface area contributed by atoms with Crippen LogP contribution in [-0.4, -0.2) is 23.3 Å². The maximum absolute atomic E-state index is 11.7. The van der Waals surface area contributed by atoms with E-state index in [1.165, 1.54) is 19.3 Å². The smallest absolute Gasteiger partial charge is 0.309 e. The maximum Gasteiger partial charge on any atom is 0.309 e. The molecule has 0 aromatic rings. The Balaban J connectivity index is 1.86. The Morgan fingerprint density at radius 1 is 1.31 bits per heavy atom. The van der Waals surface area contributed by atoms with Crippen LogP contribution in [0, 0.1) is 23.7 Å². The summed E-state index contributed by atoms with van der Waals surface area (Å²) in [6, 6.07) is 0. The largest absolute Gasteiger partial charge is 0.462 e. The molecule has 2 aliphatic carbocycles. The first-order chi connectivity index (χ1) is 7.68. The van der Waals surface area contributed by atoms with Gasteiger partial charge in [0, 0.05) is 5.92 Å². The Hall–Kier alpha value is -0.570. The summed E-state index contributed by atoms with van der Waals surface area (Å²) in [7, 11) is 0. The van der Waals surface area contributed by atoms with Gasteiger partial charge in [0.15, 0.2) is 0 Å². The van der Waals surface area contributed by atoms with E-state index in [9.17, 15) is 9.90 Å². The van der Waals surface area contributed by atoms with E-state index in [2.05, 4.69) is 0 Å². The van der Waals surface area contributed by atoms with Gasteiger partial charge in [-0.25, -0.2) is 0 Å². The molecule has 1 N–H and O–H groups in total. The average molecular weight is 224 g/mol. The Morgan fingerprint density at radius 3 is 2.88 bits per heavy atom. The van der Waals surface area contributed by atoms with Gasteiger partial charge in [0.2, 0.25) is 0 Å². The van der Waals surface area contributed by atoms with Crippen LogP contribution in [0.15, 0.2) is 0 Å². The van der Waals surface area contributed by atoms with Crippen LogP contribution < -0.4 is 0 Å². The molecule has 0 aromatic heterocycles. The topological polar surface area (TPSA) is 46.5 Å². The molecule has 1 saturated heterocycles. The second kappa shape index (κ2) is 3.73. The lowest BCUT2D eigenvalue weighted by atomic mass is 9.61. The molecular weight excluding hydrogens is 204 g/mol. The van der Waals surface area contributed by atoms with Crippen LogP contribution in [0.3, 0.4) is 0 Å². The lowest BCUT2D eigenvalue weighted by molar-refractivity contribution is -0.144. The van der Waals surface area contributed by atoms with Crippen molar-refractivity contribution in [1.82, 2.24) is 0 Å². The Labute approximate surface area is 96.2 Å². The zero-order valence-corrected chi connectivity index (χ0v) is 9.76. The summed E-state index contributed by atoms with van der Waals surface area (Å²) in [6.07, 6.45) is 5.37. The molecule has 0 aromatic carbocycles. The number of rotatable bonds is 0. The van der Waals surface area contributed by atoms with Crippen LogP contribution in [0.1, 0.15) is 39.0 Å². The summed E-state index contributed by atoms with van der Waals surface area (Å²) in [5.74, 6) is 0.951. The van der Waals surface area contributed by atoms with Gasteiger partial charge in [-0.3, -0.25) is 4.79 Å². The van der Waals surface area contributed by atoms with E-state index in [0.29, 0.717) is 11.8 Å². The predicted molar refractivity (Wildman–Crippen MR) is 58.6 cm³/mol. The minimum absolute atomic E-state index is 0.0238. The highest BCUT2D eigenvalue weighted by Crippen LogP contribution is 2.49. The number of carbonyl (C=O) groups excluding carboxylic acids is 1. The predicted octanol–water partition coefficient (Wildman–Crippen LogP) is 1.74. The van der Waals surface area contributed by atoms with Gasteiger partial charge in [-0.2, -0.15) is 0 Å². The van der Waals surface area contributed by atoms with Gasteiger partial charge in [-0.15, -0.1) is 0 Å². The fourth-order valence-corrected chi connectivity index (χ4v) is 4.19. The number of hydrogen-bond donors (Lipinski definition) is 1.